The smallest absolute Gasteiger partial charge is 0.251 e. The van der Waals surface area contributed by atoms with E-state index in [9.17, 15) is 13.2 Å². The van der Waals surface area contributed by atoms with E-state index in [1.54, 1.807) is 6.07 Å². The largest absolute Gasteiger partial charge is 0.283 e. The van der Waals surface area contributed by atoms with Crippen molar-refractivity contribution in [1.29, 1.82) is 5.26 Å². The Kier molecular flexibility index (Phi) is 2.88. The third-order valence-corrected chi connectivity index (χ3v) is 2.09. The molecule has 0 amide bonds. The molecule has 0 unspecified atom stereocenters. The fourth-order valence-corrected chi connectivity index (χ4v) is 1.10. The SMILES string of the molecule is N#Cc1cnc(C(F)F)c(F)c1Br. The predicted molar refractivity (Wildman–Crippen MR) is 41.6 cm³/mol. The molecule has 0 fully saturated rings. The van der Waals surface area contributed by atoms with Gasteiger partial charge in [-0.25, -0.2) is 13.2 Å². The lowest BCUT2D eigenvalue weighted by Gasteiger charge is -2.02. The highest BCUT2D eigenvalue weighted by Crippen LogP contribution is 2.27. The molecule has 1 aromatic rings. The minimum absolute atomic E-state index is 0.109. The second-order valence-corrected chi connectivity index (χ2v) is 2.89. The summed E-state index contributed by atoms with van der Waals surface area (Å²) in [4.78, 5) is 3.13. The second-order valence-electron chi connectivity index (χ2n) is 2.10. The molecule has 13 heavy (non-hydrogen) atoms. The van der Waals surface area contributed by atoms with Crippen LogP contribution in [0.25, 0.3) is 0 Å². The summed E-state index contributed by atoms with van der Waals surface area (Å²) in [6.45, 7) is 0. The van der Waals surface area contributed by atoms with Crippen LogP contribution in [0.2, 0.25) is 0 Å². The molecule has 0 aliphatic rings. The standard InChI is InChI=1S/C7H2BrF3N2/c8-4-3(1-12)2-13-6(5(4)9)7(10)11/h2,7H. The van der Waals surface area contributed by atoms with Crippen molar-refractivity contribution in [2.75, 3.05) is 0 Å². The summed E-state index contributed by atoms with van der Waals surface area (Å²) >= 11 is 2.69. The van der Waals surface area contributed by atoms with Crippen LogP contribution >= 0.6 is 15.9 Å². The molecular formula is C7H2BrF3N2. The Morgan fingerprint density at radius 2 is 2.15 bits per heavy atom. The van der Waals surface area contributed by atoms with E-state index < -0.39 is 17.9 Å². The van der Waals surface area contributed by atoms with Gasteiger partial charge in [-0.15, -0.1) is 0 Å². The van der Waals surface area contributed by atoms with E-state index in [2.05, 4.69) is 20.9 Å². The molecular weight excluding hydrogens is 249 g/mol. The van der Waals surface area contributed by atoms with Gasteiger partial charge in [0.25, 0.3) is 6.43 Å². The minimum atomic E-state index is -2.98. The third kappa shape index (κ3) is 1.80. The zero-order chi connectivity index (χ0) is 10.0. The van der Waals surface area contributed by atoms with Gasteiger partial charge in [0.15, 0.2) is 5.82 Å². The lowest BCUT2D eigenvalue weighted by molar-refractivity contribution is 0.140. The number of hydrogen-bond acceptors (Lipinski definition) is 2. The van der Waals surface area contributed by atoms with Gasteiger partial charge >= 0.3 is 0 Å². The third-order valence-electron chi connectivity index (χ3n) is 1.31. The van der Waals surface area contributed by atoms with Gasteiger partial charge < -0.3 is 0 Å². The van der Waals surface area contributed by atoms with E-state index in [-0.39, 0.29) is 10.0 Å². The second kappa shape index (κ2) is 3.75. The monoisotopic (exact) mass is 250 g/mol. The number of hydrogen-bond donors (Lipinski definition) is 0. The molecule has 0 aromatic carbocycles. The van der Waals surface area contributed by atoms with Crippen LogP contribution in [0.1, 0.15) is 17.7 Å². The van der Waals surface area contributed by atoms with Crippen LogP contribution < -0.4 is 0 Å². The predicted octanol–water partition coefficient (Wildman–Crippen LogP) is 2.79. The van der Waals surface area contributed by atoms with Gasteiger partial charge in [0.05, 0.1) is 10.0 Å². The summed E-state index contributed by atoms with van der Waals surface area (Å²) in [5, 5.41) is 8.40. The van der Waals surface area contributed by atoms with Gasteiger partial charge in [-0.05, 0) is 15.9 Å². The van der Waals surface area contributed by atoms with Crippen molar-refractivity contribution >= 4 is 15.9 Å². The molecule has 68 valence electrons. The Morgan fingerprint density at radius 3 is 2.62 bits per heavy atom. The van der Waals surface area contributed by atoms with Crippen LogP contribution in [0.5, 0.6) is 0 Å². The molecule has 0 spiro atoms. The molecule has 1 heterocycles. The number of aromatic nitrogens is 1. The fraction of sp³-hybridized carbons (Fsp3) is 0.143. The molecule has 0 N–H and O–H groups in total. The van der Waals surface area contributed by atoms with Crippen molar-refractivity contribution in [3.63, 3.8) is 0 Å². The van der Waals surface area contributed by atoms with Crippen molar-refractivity contribution in [1.82, 2.24) is 4.98 Å². The Hall–Kier alpha value is -1.09. The average molecular weight is 251 g/mol. The molecule has 0 aliphatic heterocycles. The highest BCUT2D eigenvalue weighted by molar-refractivity contribution is 9.10. The zero-order valence-corrected chi connectivity index (χ0v) is 7.65. The normalized spacial score (nSPS) is 10.2. The number of nitriles is 1. The van der Waals surface area contributed by atoms with Crippen LogP contribution in [0.3, 0.4) is 0 Å². The van der Waals surface area contributed by atoms with Crippen molar-refractivity contribution in [2.45, 2.75) is 6.43 Å². The minimum Gasteiger partial charge on any atom is -0.251 e. The van der Waals surface area contributed by atoms with E-state index >= 15 is 0 Å². The Labute approximate surface area is 80.1 Å². The Morgan fingerprint density at radius 1 is 1.54 bits per heavy atom. The molecule has 0 saturated heterocycles. The number of alkyl halides is 2. The quantitative estimate of drug-likeness (QED) is 0.769. The zero-order valence-electron chi connectivity index (χ0n) is 6.06. The molecule has 0 aliphatic carbocycles. The number of nitrogens with zero attached hydrogens (tertiary/aromatic N) is 2. The van der Waals surface area contributed by atoms with Crippen molar-refractivity contribution in [3.05, 3.63) is 27.7 Å². The maximum absolute atomic E-state index is 13.0. The summed E-state index contributed by atoms with van der Waals surface area (Å²) in [6.07, 6.45) is -2.08. The first-order valence-corrected chi connectivity index (χ1v) is 3.89. The average Bonchev–Trinajstić information content (AvgIpc) is 2.09. The highest BCUT2D eigenvalue weighted by atomic mass is 79.9. The lowest BCUT2D eigenvalue weighted by Crippen LogP contribution is -1.98. The van der Waals surface area contributed by atoms with Crippen molar-refractivity contribution in [2.24, 2.45) is 0 Å². The van der Waals surface area contributed by atoms with Gasteiger partial charge in [-0.2, -0.15) is 5.26 Å². The van der Waals surface area contributed by atoms with Gasteiger partial charge in [-0.3, -0.25) is 4.98 Å². The summed E-state index contributed by atoms with van der Waals surface area (Å²) in [5.74, 6) is -1.19. The van der Waals surface area contributed by atoms with Gasteiger partial charge in [0, 0.05) is 6.20 Å². The molecule has 2 nitrogen and oxygen atoms in total. The molecule has 0 radical (unpaired) electrons. The lowest BCUT2D eigenvalue weighted by atomic mass is 10.2. The first-order chi connectivity index (χ1) is 6.07. The first kappa shape index (κ1) is 9.99. The molecule has 0 atom stereocenters. The highest BCUT2D eigenvalue weighted by Gasteiger charge is 2.19. The molecule has 1 rings (SSSR count). The molecule has 6 heteroatoms. The number of pyridine rings is 1. The summed E-state index contributed by atoms with van der Waals surface area (Å²) in [5.41, 5.74) is -1.06. The summed E-state index contributed by atoms with van der Waals surface area (Å²) in [6, 6.07) is 1.61. The Bertz CT molecular complexity index is 373. The van der Waals surface area contributed by atoms with Crippen LogP contribution in [-0.2, 0) is 0 Å². The van der Waals surface area contributed by atoms with E-state index in [1.165, 1.54) is 0 Å². The Balaban J connectivity index is 3.33. The van der Waals surface area contributed by atoms with E-state index in [4.69, 9.17) is 5.26 Å². The van der Waals surface area contributed by atoms with Gasteiger partial charge in [0.2, 0.25) is 0 Å². The summed E-state index contributed by atoms with van der Waals surface area (Å²) in [7, 11) is 0. The maximum Gasteiger partial charge on any atom is 0.283 e. The van der Waals surface area contributed by atoms with Crippen LogP contribution in [0.15, 0.2) is 10.7 Å². The maximum atomic E-state index is 13.0. The van der Waals surface area contributed by atoms with E-state index in [0.717, 1.165) is 6.20 Å². The number of rotatable bonds is 1. The van der Waals surface area contributed by atoms with Crippen LogP contribution in [0, 0.1) is 17.1 Å². The van der Waals surface area contributed by atoms with Crippen LogP contribution in [0.4, 0.5) is 13.2 Å². The summed E-state index contributed by atoms with van der Waals surface area (Å²) < 4.78 is 36.8. The van der Waals surface area contributed by atoms with Crippen LogP contribution in [-0.4, -0.2) is 4.98 Å². The van der Waals surface area contributed by atoms with Crippen molar-refractivity contribution < 1.29 is 13.2 Å². The number of halogens is 4. The fourth-order valence-electron chi connectivity index (χ4n) is 0.708. The molecule has 1 aromatic heterocycles. The van der Waals surface area contributed by atoms with E-state index in [0.29, 0.717) is 0 Å². The first-order valence-electron chi connectivity index (χ1n) is 3.10. The van der Waals surface area contributed by atoms with Crippen molar-refractivity contribution in [3.8, 4) is 6.07 Å². The molecule has 0 bridgehead atoms. The molecule has 0 saturated carbocycles. The topological polar surface area (TPSA) is 36.7 Å². The van der Waals surface area contributed by atoms with Gasteiger partial charge in [-0.1, -0.05) is 0 Å². The van der Waals surface area contributed by atoms with E-state index in [1.807, 2.05) is 0 Å². The van der Waals surface area contributed by atoms with Gasteiger partial charge in [0.1, 0.15) is 11.8 Å².